The highest BCUT2D eigenvalue weighted by atomic mass is 35.5. The number of hydrogen-bond donors (Lipinski definition) is 0. The minimum atomic E-state index is -4.67. The molecule has 0 saturated heterocycles. The van der Waals surface area contributed by atoms with Crippen molar-refractivity contribution in [2.45, 2.75) is 6.18 Å². The zero-order valence-electron chi connectivity index (χ0n) is 15.0. The Morgan fingerprint density at radius 1 is 0.793 bits per heavy atom. The minimum Gasteiger partial charge on any atom is -0.242 e. The Balaban J connectivity index is 2.11. The summed E-state index contributed by atoms with van der Waals surface area (Å²) in [5.41, 5.74) is 0.648. The maximum Gasteiger partial charge on any atom is 0.434 e. The highest BCUT2D eigenvalue weighted by Crippen LogP contribution is 2.39. The summed E-state index contributed by atoms with van der Waals surface area (Å²) in [6.07, 6.45) is -4.67. The number of hydrogen-bond acceptors (Lipinski definition) is 1. The third kappa shape index (κ3) is 3.96. The molecule has 3 aromatic carbocycles. The third-order valence-electron chi connectivity index (χ3n) is 4.38. The molecule has 0 aliphatic carbocycles. The first-order chi connectivity index (χ1) is 13.9. The molecule has 4 aromatic rings. The molecule has 0 unspecified atom stereocenters. The Morgan fingerprint density at radius 3 is 2.10 bits per heavy atom. The van der Waals surface area contributed by atoms with Crippen molar-refractivity contribution in [3.63, 3.8) is 0 Å². The summed E-state index contributed by atoms with van der Waals surface area (Å²) in [7, 11) is 0. The average molecular weight is 408 g/mol. The third-order valence-corrected chi connectivity index (χ3v) is 4.62. The van der Waals surface area contributed by atoms with Crippen molar-refractivity contribution in [2.75, 3.05) is 0 Å². The Hall–Kier alpha value is -3.29. The molecule has 0 saturated carbocycles. The quantitative estimate of drug-likeness (QED) is 0.310. The number of pyridine rings is 1. The molecule has 0 aliphatic heterocycles. The van der Waals surface area contributed by atoms with Gasteiger partial charge in [0.1, 0.15) is 0 Å². The molecule has 5 heteroatoms. The van der Waals surface area contributed by atoms with Crippen LogP contribution in [0.2, 0.25) is 5.02 Å². The van der Waals surface area contributed by atoms with Crippen LogP contribution in [0.25, 0.3) is 22.0 Å². The Morgan fingerprint density at radius 2 is 1.45 bits per heavy atom. The molecule has 4 rings (SSSR count). The monoisotopic (exact) mass is 407 g/mol. The largest absolute Gasteiger partial charge is 0.434 e. The lowest BCUT2D eigenvalue weighted by atomic mass is 9.94. The first-order valence-electron chi connectivity index (χ1n) is 8.76. The van der Waals surface area contributed by atoms with Crippen LogP contribution in [0.15, 0.2) is 78.9 Å². The molecule has 0 fully saturated rings. The molecule has 0 bridgehead atoms. The molecule has 0 radical (unpaired) electrons. The highest BCUT2D eigenvalue weighted by Gasteiger charge is 2.37. The number of aromatic nitrogens is 1. The second-order valence-electron chi connectivity index (χ2n) is 6.35. The van der Waals surface area contributed by atoms with Crippen LogP contribution in [0.1, 0.15) is 16.8 Å². The van der Waals surface area contributed by atoms with Gasteiger partial charge in [-0.3, -0.25) is 0 Å². The van der Waals surface area contributed by atoms with E-state index < -0.39 is 11.9 Å². The number of rotatable bonds is 1. The van der Waals surface area contributed by atoms with Crippen molar-refractivity contribution in [2.24, 2.45) is 0 Å². The normalized spacial score (nSPS) is 11.2. The predicted molar refractivity (Wildman–Crippen MR) is 110 cm³/mol. The van der Waals surface area contributed by atoms with Gasteiger partial charge in [0.2, 0.25) is 0 Å². The van der Waals surface area contributed by atoms with Gasteiger partial charge < -0.3 is 0 Å². The standard InChI is InChI=1S/C24H13ClF3N/c25-18-12-14-19-21(15-18)29-23(24(26,27)28)20(13-11-16-7-3-1-4-8-16)22(19)17-9-5-2-6-10-17/h1-10,12,14-15H. The van der Waals surface area contributed by atoms with E-state index in [-0.39, 0.29) is 11.1 Å². The van der Waals surface area contributed by atoms with E-state index >= 15 is 0 Å². The van der Waals surface area contributed by atoms with E-state index in [0.717, 1.165) is 0 Å². The summed E-state index contributed by atoms with van der Waals surface area (Å²) >= 11 is 6.02. The van der Waals surface area contributed by atoms with Crippen molar-refractivity contribution in [3.05, 3.63) is 101 Å². The number of halogens is 4. The molecule has 1 aromatic heterocycles. The Bertz CT molecular complexity index is 1240. The van der Waals surface area contributed by atoms with Gasteiger partial charge in [0, 0.05) is 21.5 Å². The lowest BCUT2D eigenvalue weighted by Crippen LogP contribution is -2.12. The number of fused-ring (bicyclic) bond motifs is 1. The summed E-state index contributed by atoms with van der Waals surface area (Å²) in [5, 5.41) is 0.881. The van der Waals surface area contributed by atoms with Crippen LogP contribution >= 0.6 is 11.6 Å². The molecular weight excluding hydrogens is 395 g/mol. The SMILES string of the molecule is FC(F)(F)c1nc2cc(Cl)ccc2c(-c2ccccc2)c1C#Cc1ccccc1. The van der Waals surface area contributed by atoms with Gasteiger partial charge in [-0.05, 0) is 29.8 Å². The van der Waals surface area contributed by atoms with Crippen molar-refractivity contribution in [3.8, 4) is 23.0 Å². The van der Waals surface area contributed by atoms with Crippen molar-refractivity contribution in [1.82, 2.24) is 4.98 Å². The lowest BCUT2D eigenvalue weighted by molar-refractivity contribution is -0.141. The van der Waals surface area contributed by atoms with Gasteiger partial charge in [0.15, 0.2) is 5.69 Å². The summed E-state index contributed by atoms with van der Waals surface area (Å²) in [4.78, 5) is 3.89. The lowest BCUT2D eigenvalue weighted by Gasteiger charge is -2.16. The van der Waals surface area contributed by atoms with Gasteiger partial charge in [-0.15, -0.1) is 0 Å². The molecule has 0 N–H and O–H groups in total. The zero-order chi connectivity index (χ0) is 20.4. The van der Waals surface area contributed by atoms with Crippen LogP contribution in [0, 0.1) is 11.8 Å². The minimum absolute atomic E-state index is 0.151. The second-order valence-corrected chi connectivity index (χ2v) is 6.79. The molecule has 29 heavy (non-hydrogen) atoms. The van der Waals surface area contributed by atoms with Crippen LogP contribution in [-0.4, -0.2) is 4.98 Å². The molecule has 0 spiro atoms. The van der Waals surface area contributed by atoms with Gasteiger partial charge in [-0.2, -0.15) is 13.2 Å². The van der Waals surface area contributed by atoms with E-state index in [9.17, 15) is 13.2 Å². The zero-order valence-corrected chi connectivity index (χ0v) is 15.7. The van der Waals surface area contributed by atoms with Crippen LogP contribution in [0.4, 0.5) is 13.2 Å². The van der Waals surface area contributed by atoms with E-state index in [1.807, 2.05) is 12.1 Å². The van der Waals surface area contributed by atoms with Gasteiger partial charge in [0.05, 0.1) is 11.1 Å². The van der Waals surface area contributed by atoms with Gasteiger partial charge >= 0.3 is 6.18 Å². The van der Waals surface area contributed by atoms with E-state index in [1.165, 1.54) is 6.07 Å². The molecule has 1 heterocycles. The predicted octanol–water partition coefficient (Wildman–Crippen LogP) is 6.97. The van der Waals surface area contributed by atoms with E-state index in [1.54, 1.807) is 60.7 Å². The second kappa shape index (κ2) is 7.62. The van der Waals surface area contributed by atoms with E-state index in [4.69, 9.17) is 11.6 Å². The van der Waals surface area contributed by atoms with Gasteiger partial charge in [-0.1, -0.05) is 78.0 Å². The molecule has 142 valence electrons. The fourth-order valence-corrected chi connectivity index (χ4v) is 3.29. The number of benzene rings is 3. The molecule has 1 nitrogen and oxygen atoms in total. The maximum absolute atomic E-state index is 13.9. The van der Waals surface area contributed by atoms with Crippen LogP contribution in [-0.2, 0) is 6.18 Å². The van der Waals surface area contributed by atoms with E-state index in [0.29, 0.717) is 27.1 Å². The smallest absolute Gasteiger partial charge is 0.242 e. The molecule has 0 aliphatic rings. The number of nitrogens with zero attached hydrogens (tertiary/aromatic N) is 1. The summed E-state index contributed by atoms with van der Waals surface area (Å²) in [6, 6.07) is 22.5. The Labute approximate surface area is 170 Å². The van der Waals surface area contributed by atoms with Gasteiger partial charge in [-0.25, -0.2) is 4.98 Å². The van der Waals surface area contributed by atoms with Crippen molar-refractivity contribution >= 4 is 22.5 Å². The highest BCUT2D eigenvalue weighted by molar-refractivity contribution is 6.31. The average Bonchev–Trinajstić information content (AvgIpc) is 2.72. The van der Waals surface area contributed by atoms with E-state index in [2.05, 4.69) is 16.8 Å². The fraction of sp³-hybridized carbons (Fsp3) is 0.0417. The van der Waals surface area contributed by atoms with Crippen molar-refractivity contribution < 1.29 is 13.2 Å². The topological polar surface area (TPSA) is 12.9 Å². The summed E-state index contributed by atoms with van der Waals surface area (Å²) in [6.45, 7) is 0. The molecule has 0 atom stereocenters. The van der Waals surface area contributed by atoms with Crippen LogP contribution in [0.3, 0.4) is 0 Å². The molecular formula is C24H13ClF3N. The summed E-state index contributed by atoms with van der Waals surface area (Å²) < 4.78 is 41.8. The van der Waals surface area contributed by atoms with Crippen molar-refractivity contribution in [1.29, 1.82) is 0 Å². The first kappa shape index (κ1) is 19.0. The van der Waals surface area contributed by atoms with Gasteiger partial charge in [0.25, 0.3) is 0 Å². The summed E-state index contributed by atoms with van der Waals surface area (Å²) in [5.74, 6) is 5.59. The maximum atomic E-state index is 13.9. The first-order valence-corrected chi connectivity index (χ1v) is 9.14. The molecule has 0 amide bonds. The van der Waals surface area contributed by atoms with Crippen LogP contribution < -0.4 is 0 Å². The Kier molecular flexibility index (Phi) is 5.00. The number of alkyl halides is 3. The van der Waals surface area contributed by atoms with Crippen LogP contribution in [0.5, 0.6) is 0 Å². The fourth-order valence-electron chi connectivity index (χ4n) is 3.13.